The fraction of sp³-hybridized carbons (Fsp3) is 0.316. The molecule has 7 heteroatoms. The predicted molar refractivity (Wildman–Crippen MR) is 95.2 cm³/mol. The summed E-state index contributed by atoms with van der Waals surface area (Å²) in [7, 11) is 0. The van der Waals surface area contributed by atoms with Gasteiger partial charge in [0.15, 0.2) is 17.1 Å². The zero-order chi connectivity index (χ0) is 18.3. The van der Waals surface area contributed by atoms with Gasteiger partial charge in [-0.05, 0) is 32.4 Å². The van der Waals surface area contributed by atoms with Crippen molar-refractivity contribution in [2.24, 2.45) is 0 Å². The number of rotatable bonds is 3. The third-order valence-corrected chi connectivity index (χ3v) is 4.69. The van der Waals surface area contributed by atoms with Crippen LogP contribution in [0.1, 0.15) is 26.3 Å². The summed E-state index contributed by atoms with van der Waals surface area (Å²) in [5, 5.41) is 4.64. The number of nitrogens with zero attached hydrogens (tertiary/aromatic N) is 3. The van der Waals surface area contributed by atoms with Gasteiger partial charge in [0.1, 0.15) is 5.82 Å². The summed E-state index contributed by atoms with van der Waals surface area (Å²) in [6.07, 6.45) is 2.36. The third kappa shape index (κ3) is 2.94. The second kappa shape index (κ2) is 6.17. The van der Waals surface area contributed by atoms with Gasteiger partial charge in [0.2, 0.25) is 0 Å². The van der Waals surface area contributed by atoms with Crippen LogP contribution in [0.5, 0.6) is 0 Å². The van der Waals surface area contributed by atoms with Gasteiger partial charge < -0.3 is 9.72 Å². The van der Waals surface area contributed by atoms with Gasteiger partial charge in [0.05, 0.1) is 17.3 Å². The van der Waals surface area contributed by atoms with Crippen LogP contribution in [-0.4, -0.2) is 32.0 Å². The molecule has 6 nitrogen and oxygen atoms in total. The van der Waals surface area contributed by atoms with Gasteiger partial charge in [-0.2, -0.15) is 0 Å². The lowest BCUT2D eigenvalue weighted by Crippen LogP contribution is -2.31. The van der Waals surface area contributed by atoms with Crippen molar-refractivity contribution in [3.63, 3.8) is 0 Å². The Labute approximate surface area is 149 Å². The SMILES string of the molecule is CC1(C)OCCC1n1nc(-c2cccc(F)c2)nc1-c1cc(=O)cc[nH]1. The first-order valence-corrected chi connectivity index (χ1v) is 8.49. The molecule has 134 valence electrons. The molecule has 0 spiro atoms. The lowest BCUT2D eigenvalue weighted by atomic mass is 9.99. The molecule has 0 amide bonds. The molecule has 3 aromatic rings. The van der Waals surface area contributed by atoms with Crippen LogP contribution in [0.15, 0.2) is 47.4 Å². The molecule has 1 aliphatic rings. The van der Waals surface area contributed by atoms with E-state index in [1.54, 1.807) is 23.0 Å². The van der Waals surface area contributed by atoms with Crippen molar-refractivity contribution in [1.82, 2.24) is 19.7 Å². The minimum Gasteiger partial charge on any atom is -0.373 e. The largest absolute Gasteiger partial charge is 0.373 e. The minimum absolute atomic E-state index is 0.0454. The number of hydrogen-bond acceptors (Lipinski definition) is 4. The van der Waals surface area contributed by atoms with Gasteiger partial charge in [-0.3, -0.25) is 4.79 Å². The van der Waals surface area contributed by atoms with Crippen molar-refractivity contribution in [1.29, 1.82) is 0 Å². The lowest BCUT2D eigenvalue weighted by molar-refractivity contribution is 0.0122. The Hall–Kier alpha value is -2.80. The van der Waals surface area contributed by atoms with Gasteiger partial charge in [-0.15, -0.1) is 5.10 Å². The summed E-state index contributed by atoms with van der Waals surface area (Å²) < 4.78 is 21.3. The Morgan fingerprint density at radius 3 is 2.85 bits per heavy atom. The molecule has 26 heavy (non-hydrogen) atoms. The highest BCUT2D eigenvalue weighted by molar-refractivity contribution is 5.59. The summed E-state index contributed by atoms with van der Waals surface area (Å²) >= 11 is 0. The van der Waals surface area contributed by atoms with Gasteiger partial charge in [-0.25, -0.2) is 14.1 Å². The van der Waals surface area contributed by atoms with E-state index in [2.05, 4.69) is 15.1 Å². The predicted octanol–water partition coefficient (Wildman–Crippen LogP) is 3.18. The van der Waals surface area contributed by atoms with E-state index in [-0.39, 0.29) is 17.3 Å². The molecule has 1 fully saturated rings. The maximum Gasteiger partial charge on any atom is 0.182 e. The molecular weight excluding hydrogens is 335 g/mol. The highest BCUT2D eigenvalue weighted by Gasteiger charge is 2.39. The van der Waals surface area contributed by atoms with Crippen molar-refractivity contribution >= 4 is 0 Å². The van der Waals surface area contributed by atoms with Gasteiger partial charge in [0.25, 0.3) is 0 Å². The molecule has 1 saturated heterocycles. The second-order valence-corrected chi connectivity index (χ2v) is 6.91. The molecular formula is C19H19FN4O2. The minimum atomic E-state index is -0.420. The first kappa shape index (κ1) is 16.7. The first-order chi connectivity index (χ1) is 12.4. The van der Waals surface area contributed by atoms with E-state index in [1.807, 2.05) is 13.8 Å². The van der Waals surface area contributed by atoms with E-state index >= 15 is 0 Å². The molecule has 0 saturated carbocycles. The van der Waals surface area contributed by atoms with Gasteiger partial charge in [0, 0.05) is 30.5 Å². The number of ether oxygens (including phenoxy) is 1. The first-order valence-electron chi connectivity index (χ1n) is 8.49. The van der Waals surface area contributed by atoms with Crippen molar-refractivity contribution in [3.8, 4) is 22.9 Å². The quantitative estimate of drug-likeness (QED) is 0.784. The second-order valence-electron chi connectivity index (χ2n) is 6.91. The van der Waals surface area contributed by atoms with Crippen LogP contribution in [0.2, 0.25) is 0 Å². The van der Waals surface area contributed by atoms with E-state index in [9.17, 15) is 9.18 Å². The summed E-state index contributed by atoms with van der Waals surface area (Å²) in [5.41, 5.74) is 0.606. The van der Waals surface area contributed by atoms with E-state index in [0.717, 1.165) is 6.42 Å². The van der Waals surface area contributed by atoms with Gasteiger partial charge >= 0.3 is 0 Å². The summed E-state index contributed by atoms with van der Waals surface area (Å²) in [5.74, 6) is 0.593. The molecule has 4 rings (SSSR count). The Bertz CT molecular complexity index is 1010. The number of hydrogen-bond donors (Lipinski definition) is 1. The van der Waals surface area contributed by atoms with Crippen LogP contribution >= 0.6 is 0 Å². The van der Waals surface area contributed by atoms with E-state index < -0.39 is 5.60 Å². The average molecular weight is 354 g/mol. The number of benzene rings is 1. The maximum atomic E-state index is 13.6. The summed E-state index contributed by atoms with van der Waals surface area (Å²) in [6.45, 7) is 4.63. The van der Waals surface area contributed by atoms with Crippen molar-refractivity contribution in [2.45, 2.75) is 31.9 Å². The third-order valence-electron chi connectivity index (χ3n) is 4.69. The Morgan fingerprint density at radius 1 is 1.31 bits per heavy atom. The van der Waals surface area contributed by atoms with Crippen LogP contribution in [0.25, 0.3) is 22.9 Å². The highest BCUT2D eigenvalue weighted by Crippen LogP contribution is 2.37. The average Bonchev–Trinajstić information content (AvgIpc) is 3.17. The van der Waals surface area contributed by atoms with E-state index in [0.29, 0.717) is 29.5 Å². The lowest BCUT2D eigenvalue weighted by Gasteiger charge is -2.26. The Morgan fingerprint density at radius 2 is 2.15 bits per heavy atom. The molecule has 0 radical (unpaired) electrons. The highest BCUT2D eigenvalue weighted by atomic mass is 19.1. The van der Waals surface area contributed by atoms with Crippen molar-refractivity contribution < 1.29 is 9.13 Å². The zero-order valence-electron chi connectivity index (χ0n) is 14.6. The van der Waals surface area contributed by atoms with Crippen LogP contribution in [0, 0.1) is 5.82 Å². The monoisotopic (exact) mass is 354 g/mol. The molecule has 0 aliphatic carbocycles. The van der Waals surface area contributed by atoms with Crippen molar-refractivity contribution in [2.75, 3.05) is 6.61 Å². The van der Waals surface area contributed by atoms with Crippen LogP contribution < -0.4 is 5.43 Å². The van der Waals surface area contributed by atoms with Gasteiger partial charge in [-0.1, -0.05) is 12.1 Å². The summed E-state index contributed by atoms with van der Waals surface area (Å²) in [4.78, 5) is 19.5. The molecule has 1 N–H and O–H groups in total. The molecule has 1 atom stereocenters. The van der Waals surface area contributed by atoms with E-state index in [1.165, 1.54) is 24.3 Å². The molecule has 0 bridgehead atoms. The number of nitrogens with one attached hydrogen (secondary N) is 1. The maximum absolute atomic E-state index is 13.6. The van der Waals surface area contributed by atoms with Crippen LogP contribution in [-0.2, 0) is 4.74 Å². The number of halogens is 1. The molecule has 2 aromatic heterocycles. The summed E-state index contributed by atoms with van der Waals surface area (Å²) in [6, 6.07) is 9.04. The van der Waals surface area contributed by atoms with Crippen LogP contribution in [0.3, 0.4) is 0 Å². The standard InChI is InChI=1S/C19H19FN4O2/c1-19(2)16(7-9-26-19)24-18(15-11-14(25)6-8-21-15)22-17(23-24)12-4-3-5-13(20)10-12/h3-6,8,10-11,16H,7,9H2,1-2H3,(H,21,25). The Balaban J connectivity index is 1.89. The number of H-pyrrole nitrogens is 1. The van der Waals surface area contributed by atoms with Crippen LogP contribution in [0.4, 0.5) is 4.39 Å². The smallest absolute Gasteiger partial charge is 0.182 e. The van der Waals surface area contributed by atoms with Crippen molar-refractivity contribution in [3.05, 3.63) is 58.6 Å². The topological polar surface area (TPSA) is 72.8 Å². The molecule has 1 unspecified atom stereocenters. The molecule has 1 aliphatic heterocycles. The molecule has 3 heterocycles. The zero-order valence-corrected chi connectivity index (χ0v) is 14.6. The molecule has 1 aromatic carbocycles. The fourth-order valence-electron chi connectivity index (χ4n) is 3.34. The number of aromatic nitrogens is 4. The Kier molecular flexibility index (Phi) is 3.96. The van der Waals surface area contributed by atoms with E-state index in [4.69, 9.17) is 4.74 Å². The number of aromatic amines is 1. The fourth-order valence-corrected chi connectivity index (χ4v) is 3.34. The number of pyridine rings is 1. The normalized spacial score (nSPS) is 19.0.